The number of para-hydroxylation sites is 1. The minimum Gasteiger partial charge on any atom is -0.475 e. The summed E-state index contributed by atoms with van der Waals surface area (Å²) >= 11 is 0. The highest BCUT2D eigenvalue weighted by molar-refractivity contribution is 5.89. The van der Waals surface area contributed by atoms with E-state index >= 15 is 0 Å². The van der Waals surface area contributed by atoms with Crippen LogP contribution in [0.3, 0.4) is 0 Å². The van der Waals surface area contributed by atoms with Crippen LogP contribution in [0.5, 0.6) is 0 Å². The Labute approximate surface area is 285 Å². The number of nitrogens with one attached hydrogen (secondary N) is 2. The van der Waals surface area contributed by atoms with Gasteiger partial charge in [0.1, 0.15) is 0 Å². The number of anilines is 1. The third kappa shape index (κ3) is 12.4. The fraction of sp³-hybridized carbons (Fsp3) is 0.316. The van der Waals surface area contributed by atoms with Crippen LogP contribution in [0.25, 0.3) is 11.1 Å². The molecule has 4 aromatic rings. The van der Waals surface area contributed by atoms with Crippen LogP contribution in [-0.4, -0.2) is 72.5 Å². The van der Waals surface area contributed by atoms with Crippen molar-refractivity contribution in [1.82, 2.24) is 15.1 Å². The van der Waals surface area contributed by atoms with Crippen molar-refractivity contribution in [3.8, 4) is 11.1 Å². The van der Waals surface area contributed by atoms with E-state index in [1.54, 1.807) is 7.11 Å². The third-order valence-electron chi connectivity index (χ3n) is 8.18. The van der Waals surface area contributed by atoms with Crippen LogP contribution in [0.15, 0.2) is 109 Å². The number of carboxylic acids is 1. The topological polar surface area (TPSA) is 94.1 Å². The summed E-state index contributed by atoms with van der Waals surface area (Å²) in [4.78, 5) is 27.0. The van der Waals surface area contributed by atoms with E-state index in [1.807, 2.05) is 35.2 Å². The predicted molar refractivity (Wildman–Crippen MR) is 185 cm³/mol. The van der Waals surface area contributed by atoms with Crippen LogP contribution in [0.4, 0.5) is 23.7 Å². The third-order valence-corrected chi connectivity index (χ3v) is 8.18. The first-order valence-corrected chi connectivity index (χ1v) is 16.2. The summed E-state index contributed by atoms with van der Waals surface area (Å²) in [6, 6.07) is 37.8. The number of carbonyl (C=O) groups is 2. The summed E-state index contributed by atoms with van der Waals surface area (Å²) in [5, 5.41) is 13.6. The van der Waals surface area contributed by atoms with Crippen molar-refractivity contribution < 1.29 is 32.6 Å². The van der Waals surface area contributed by atoms with E-state index in [2.05, 4.69) is 94.4 Å². The zero-order chi connectivity index (χ0) is 35.1. The molecule has 0 saturated carbocycles. The van der Waals surface area contributed by atoms with Crippen molar-refractivity contribution in [2.75, 3.05) is 38.7 Å². The van der Waals surface area contributed by atoms with Gasteiger partial charge in [-0.05, 0) is 52.8 Å². The van der Waals surface area contributed by atoms with Crippen molar-refractivity contribution >= 4 is 17.7 Å². The summed E-state index contributed by atoms with van der Waals surface area (Å²) in [6.45, 7) is 5.87. The molecule has 0 aromatic heterocycles. The van der Waals surface area contributed by atoms with Gasteiger partial charge in [0.05, 0.1) is 6.61 Å². The molecule has 5 rings (SSSR count). The molecule has 0 spiro atoms. The van der Waals surface area contributed by atoms with Crippen LogP contribution >= 0.6 is 0 Å². The second-order valence-electron chi connectivity index (χ2n) is 11.8. The number of aliphatic carboxylic acids is 1. The molecule has 11 heteroatoms. The van der Waals surface area contributed by atoms with Crippen LogP contribution in [0.2, 0.25) is 0 Å². The van der Waals surface area contributed by atoms with Crippen molar-refractivity contribution in [2.24, 2.45) is 0 Å². The van der Waals surface area contributed by atoms with Gasteiger partial charge in [-0.2, -0.15) is 13.2 Å². The normalized spacial score (nSPS) is 13.6. The number of hydrogen-bond donors (Lipinski definition) is 3. The highest BCUT2D eigenvalue weighted by Gasteiger charge is 2.38. The number of rotatable bonds is 12. The number of alkyl halides is 3. The monoisotopic (exact) mass is 676 g/mol. The molecule has 0 unspecified atom stereocenters. The number of ether oxygens (including phenoxy) is 1. The van der Waals surface area contributed by atoms with Gasteiger partial charge in [0.15, 0.2) is 0 Å². The van der Waals surface area contributed by atoms with Gasteiger partial charge in [-0.15, -0.1) is 0 Å². The molecule has 8 nitrogen and oxygen atoms in total. The molecule has 3 N–H and O–H groups in total. The highest BCUT2D eigenvalue weighted by atomic mass is 19.4. The highest BCUT2D eigenvalue weighted by Crippen LogP contribution is 2.25. The Morgan fingerprint density at radius 1 is 0.816 bits per heavy atom. The molecular weight excluding hydrogens is 633 g/mol. The zero-order valence-electron chi connectivity index (χ0n) is 27.5. The molecule has 1 aliphatic heterocycles. The second-order valence-corrected chi connectivity index (χ2v) is 11.8. The van der Waals surface area contributed by atoms with E-state index in [9.17, 15) is 18.0 Å². The largest absolute Gasteiger partial charge is 0.490 e. The number of urea groups is 1. The van der Waals surface area contributed by atoms with Gasteiger partial charge >= 0.3 is 18.2 Å². The van der Waals surface area contributed by atoms with Crippen LogP contribution in [0, 0.1) is 0 Å². The predicted octanol–water partition coefficient (Wildman–Crippen LogP) is 7.42. The molecule has 1 fully saturated rings. The SMILES string of the molecule is COCCNCc1ccc(-c2ccc(CN(C(=O)Nc3ccccc3)C3CCN(Cc4ccccc4)CC3)cc2)cc1.O=C(O)C(F)(F)F. The first-order valence-electron chi connectivity index (χ1n) is 16.2. The molecule has 49 heavy (non-hydrogen) atoms. The average molecular weight is 677 g/mol. The number of benzene rings is 4. The second kappa shape index (κ2) is 18.7. The lowest BCUT2D eigenvalue weighted by Crippen LogP contribution is -2.48. The summed E-state index contributed by atoms with van der Waals surface area (Å²) in [6.07, 6.45) is -3.17. The van der Waals surface area contributed by atoms with Gasteiger partial charge in [0, 0.05) is 58.1 Å². The van der Waals surface area contributed by atoms with Gasteiger partial charge in [-0.1, -0.05) is 97.1 Å². The number of methoxy groups -OCH3 is 1. The number of hydrogen-bond acceptors (Lipinski definition) is 5. The minimum atomic E-state index is -5.08. The van der Waals surface area contributed by atoms with Gasteiger partial charge < -0.3 is 25.4 Å². The van der Waals surface area contributed by atoms with E-state index in [0.29, 0.717) is 13.2 Å². The first-order chi connectivity index (χ1) is 23.6. The van der Waals surface area contributed by atoms with E-state index in [4.69, 9.17) is 14.6 Å². The van der Waals surface area contributed by atoms with Crippen molar-refractivity contribution in [3.63, 3.8) is 0 Å². The molecule has 1 aliphatic rings. The lowest BCUT2D eigenvalue weighted by molar-refractivity contribution is -0.192. The Morgan fingerprint density at radius 2 is 1.35 bits per heavy atom. The molecule has 0 radical (unpaired) electrons. The Morgan fingerprint density at radius 3 is 1.88 bits per heavy atom. The fourth-order valence-electron chi connectivity index (χ4n) is 5.54. The molecule has 1 heterocycles. The summed E-state index contributed by atoms with van der Waals surface area (Å²) < 4.78 is 36.8. The maximum atomic E-state index is 13.6. The Hall–Kier alpha value is -4.71. The Balaban J connectivity index is 0.000000698. The van der Waals surface area contributed by atoms with Crippen LogP contribution in [0.1, 0.15) is 29.5 Å². The van der Waals surface area contributed by atoms with E-state index in [0.717, 1.165) is 56.8 Å². The lowest BCUT2D eigenvalue weighted by atomic mass is 10.00. The Bertz CT molecular complexity index is 1560. The summed E-state index contributed by atoms with van der Waals surface area (Å²) in [5.41, 5.74) is 6.90. The number of halogens is 3. The van der Waals surface area contributed by atoms with Crippen molar-refractivity contribution in [2.45, 2.75) is 44.7 Å². The molecule has 0 bridgehead atoms. The quantitative estimate of drug-likeness (QED) is 0.135. The summed E-state index contributed by atoms with van der Waals surface area (Å²) in [7, 11) is 1.72. The minimum absolute atomic E-state index is 0.0403. The van der Waals surface area contributed by atoms with E-state index < -0.39 is 12.1 Å². The molecular formula is C38H43F3N4O4. The van der Waals surface area contributed by atoms with Gasteiger partial charge in [-0.3, -0.25) is 4.90 Å². The maximum absolute atomic E-state index is 13.6. The zero-order valence-corrected chi connectivity index (χ0v) is 27.5. The fourth-order valence-corrected chi connectivity index (χ4v) is 5.54. The molecule has 0 atom stereocenters. The lowest BCUT2D eigenvalue weighted by Gasteiger charge is -2.38. The molecule has 4 aromatic carbocycles. The van der Waals surface area contributed by atoms with Crippen LogP contribution in [-0.2, 0) is 29.2 Å². The molecule has 260 valence electrons. The molecule has 1 saturated heterocycles. The smallest absolute Gasteiger partial charge is 0.475 e. The Kier molecular flexibility index (Phi) is 14.2. The summed E-state index contributed by atoms with van der Waals surface area (Å²) in [5.74, 6) is -2.76. The maximum Gasteiger partial charge on any atom is 0.490 e. The number of amides is 2. The molecule has 2 amide bonds. The van der Waals surface area contributed by atoms with Crippen LogP contribution < -0.4 is 10.6 Å². The number of piperidine rings is 1. The van der Waals surface area contributed by atoms with E-state index in [1.165, 1.54) is 22.3 Å². The molecule has 0 aliphatic carbocycles. The van der Waals surface area contributed by atoms with Gasteiger partial charge in [0.2, 0.25) is 0 Å². The number of likely N-dealkylation sites (tertiary alicyclic amines) is 1. The van der Waals surface area contributed by atoms with Crippen molar-refractivity contribution in [3.05, 3.63) is 126 Å². The van der Waals surface area contributed by atoms with Gasteiger partial charge in [-0.25, -0.2) is 9.59 Å². The van der Waals surface area contributed by atoms with E-state index in [-0.39, 0.29) is 12.1 Å². The number of carbonyl (C=O) groups excluding carboxylic acids is 1. The van der Waals surface area contributed by atoms with Gasteiger partial charge in [0.25, 0.3) is 0 Å². The van der Waals surface area contributed by atoms with Crippen molar-refractivity contribution in [1.29, 1.82) is 0 Å². The number of carboxylic acid groups (broad SMARTS) is 1. The first kappa shape index (κ1) is 37.1. The average Bonchev–Trinajstić information content (AvgIpc) is 3.11. The standard InChI is InChI=1S/C36H42N4O2.C2HF3O2/c1-42-25-22-37-26-29-12-16-32(17-13-29)33-18-14-31(15-19-33)28-40(36(41)38-34-10-6-3-7-11-34)35-20-23-39(24-21-35)27-30-8-4-2-5-9-30;3-2(4,5)1(6)7/h2-19,35,37H,20-28H2,1H3,(H,38,41);(H,6,7). The number of nitrogens with zero attached hydrogens (tertiary/aromatic N) is 2.